The van der Waals surface area contributed by atoms with Gasteiger partial charge in [-0.3, -0.25) is 4.98 Å². The molecule has 1 aromatic rings. The highest BCUT2D eigenvalue weighted by atomic mass is 35.5. The number of halogens is 1. The van der Waals surface area contributed by atoms with E-state index in [0.29, 0.717) is 16.5 Å². The molecule has 0 amide bonds. The number of pyridine rings is 1. The maximum Gasteiger partial charge on any atom is 0.340 e. The van der Waals surface area contributed by atoms with E-state index in [2.05, 4.69) is 25.8 Å². The molecule has 0 aromatic carbocycles. The molecule has 3 rings (SSSR count). The van der Waals surface area contributed by atoms with Gasteiger partial charge in [0.15, 0.2) is 0 Å². The van der Waals surface area contributed by atoms with Gasteiger partial charge in [0.05, 0.1) is 10.6 Å². The lowest BCUT2D eigenvalue weighted by atomic mass is 9.70. The smallest absolute Gasteiger partial charge is 0.340 e. The third kappa shape index (κ3) is 1.79. The highest BCUT2D eigenvalue weighted by Gasteiger charge is 2.62. The topological polar surface area (TPSA) is 39.2 Å². The standard InChI is InChI=1S/C16H20ClNO2/c1-15(2)10-4-6-16(15,3)13(8-10)20-14(19)11-5-7-18-9-12(11)17/h5,7,9-10,13H,4,6,8H2,1-3H3. The first kappa shape index (κ1) is 13.9. The molecule has 3 nitrogen and oxygen atoms in total. The van der Waals surface area contributed by atoms with Crippen molar-refractivity contribution in [1.29, 1.82) is 0 Å². The van der Waals surface area contributed by atoms with Crippen LogP contribution in [0.5, 0.6) is 0 Å². The van der Waals surface area contributed by atoms with E-state index in [0.717, 1.165) is 12.8 Å². The Labute approximate surface area is 124 Å². The molecule has 3 unspecified atom stereocenters. The van der Waals surface area contributed by atoms with E-state index in [1.165, 1.54) is 12.6 Å². The molecule has 3 atom stereocenters. The van der Waals surface area contributed by atoms with E-state index in [9.17, 15) is 4.79 Å². The molecule has 1 heterocycles. The Balaban J connectivity index is 1.81. The summed E-state index contributed by atoms with van der Waals surface area (Å²) in [5, 5.41) is 0.352. The summed E-state index contributed by atoms with van der Waals surface area (Å²) in [5.74, 6) is 0.324. The predicted octanol–water partition coefficient (Wildman–Crippen LogP) is 4.11. The first-order chi connectivity index (χ1) is 9.36. The normalized spacial score (nSPS) is 34.2. The third-order valence-corrected chi connectivity index (χ3v) is 6.26. The van der Waals surface area contributed by atoms with E-state index in [-0.39, 0.29) is 22.9 Å². The van der Waals surface area contributed by atoms with Crippen molar-refractivity contribution in [2.24, 2.45) is 16.7 Å². The molecule has 0 N–H and O–H groups in total. The zero-order valence-corrected chi connectivity index (χ0v) is 12.9. The maximum atomic E-state index is 12.3. The van der Waals surface area contributed by atoms with Crippen LogP contribution in [0.4, 0.5) is 0 Å². The Hall–Kier alpha value is -1.09. The minimum absolute atomic E-state index is 0.00650. The van der Waals surface area contributed by atoms with Gasteiger partial charge < -0.3 is 4.74 Å². The lowest BCUT2D eigenvalue weighted by Gasteiger charge is -2.38. The van der Waals surface area contributed by atoms with Crippen LogP contribution in [0.25, 0.3) is 0 Å². The molecular weight excluding hydrogens is 274 g/mol. The monoisotopic (exact) mass is 293 g/mol. The quantitative estimate of drug-likeness (QED) is 0.770. The summed E-state index contributed by atoms with van der Waals surface area (Å²) < 4.78 is 5.80. The summed E-state index contributed by atoms with van der Waals surface area (Å²) in [5.41, 5.74) is 0.721. The van der Waals surface area contributed by atoms with Crippen LogP contribution in [-0.2, 0) is 4.74 Å². The van der Waals surface area contributed by atoms with Gasteiger partial charge in [-0.1, -0.05) is 32.4 Å². The number of ether oxygens (including phenoxy) is 1. The first-order valence-electron chi connectivity index (χ1n) is 7.17. The molecular formula is C16H20ClNO2. The van der Waals surface area contributed by atoms with E-state index in [1.807, 2.05) is 0 Å². The van der Waals surface area contributed by atoms with Gasteiger partial charge in [0, 0.05) is 17.8 Å². The van der Waals surface area contributed by atoms with E-state index >= 15 is 0 Å². The van der Waals surface area contributed by atoms with Gasteiger partial charge in [-0.2, -0.15) is 0 Å². The van der Waals surface area contributed by atoms with Crippen molar-refractivity contribution in [1.82, 2.24) is 4.98 Å². The van der Waals surface area contributed by atoms with Gasteiger partial charge in [0.2, 0.25) is 0 Å². The second-order valence-corrected chi connectivity index (χ2v) is 7.27. The van der Waals surface area contributed by atoms with Crippen LogP contribution < -0.4 is 0 Å². The Bertz CT molecular complexity index is 557. The molecule has 20 heavy (non-hydrogen) atoms. The summed E-state index contributed by atoms with van der Waals surface area (Å²) in [6, 6.07) is 1.62. The van der Waals surface area contributed by atoms with E-state index in [4.69, 9.17) is 16.3 Å². The first-order valence-corrected chi connectivity index (χ1v) is 7.54. The summed E-state index contributed by atoms with van der Waals surface area (Å²) in [7, 11) is 0. The number of nitrogens with zero attached hydrogens (tertiary/aromatic N) is 1. The van der Waals surface area contributed by atoms with Crippen LogP contribution in [0.1, 0.15) is 50.4 Å². The molecule has 2 aliphatic rings. The molecule has 4 heteroatoms. The Kier molecular flexibility index (Phi) is 3.09. The van der Waals surface area contributed by atoms with Crippen LogP contribution in [0.3, 0.4) is 0 Å². The Morgan fingerprint density at radius 1 is 1.45 bits per heavy atom. The van der Waals surface area contributed by atoms with Crippen molar-refractivity contribution in [2.45, 2.75) is 46.1 Å². The van der Waals surface area contributed by atoms with Crippen LogP contribution in [0, 0.1) is 16.7 Å². The number of fused-ring (bicyclic) bond motifs is 2. The minimum Gasteiger partial charge on any atom is -0.458 e. The van der Waals surface area contributed by atoms with Crippen molar-refractivity contribution >= 4 is 17.6 Å². The molecule has 1 aromatic heterocycles. The average molecular weight is 294 g/mol. The fourth-order valence-electron chi connectivity index (χ4n) is 4.04. The lowest BCUT2D eigenvalue weighted by molar-refractivity contribution is -0.0242. The largest absolute Gasteiger partial charge is 0.458 e. The zero-order chi connectivity index (χ0) is 14.5. The van der Waals surface area contributed by atoms with Crippen LogP contribution in [0.15, 0.2) is 18.5 Å². The molecule has 2 fully saturated rings. The number of hydrogen-bond acceptors (Lipinski definition) is 3. The third-order valence-electron chi connectivity index (χ3n) is 5.96. The average Bonchev–Trinajstić information content (AvgIpc) is 2.72. The number of carbonyl (C=O) groups excluding carboxylic acids is 1. The van der Waals surface area contributed by atoms with Crippen molar-refractivity contribution < 1.29 is 9.53 Å². The number of hydrogen-bond donors (Lipinski definition) is 0. The van der Waals surface area contributed by atoms with Crippen molar-refractivity contribution in [3.05, 3.63) is 29.0 Å². The van der Waals surface area contributed by atoms with Crippen LogP contribution in [-0.4, -0.2) is 17.1 Å². The van der Waals surface area contributed by atoms with Gasteiger partial charge >= 0.3 is 5.97 Å². The lowest BCUT2D eigenvalue weighted by Crippen LogP contribution is -2.38. The van der Waals surface area contributed by atoms with E-state index in [1.54, 1.807) is 12.3 Å². The fourth-order valence-corrected chi connectivity index (χ4v) is 4.24. The zero-order valence-electron chi connectivity index (χ0n) is 12.1. The summed E-state index contributed by atoms with van der Waals surface area (Å²) in [6.45, 7) is 6.86. The summed E-state index contributed by atoms with van der Waals surface area (Å²) in [6.07, 6.45) is 6.38. The minimum atomic E-state index is -0.327. The molecule has 0 spiro atoms. The molecule has 2 saturated carbocycles. The van der Waals surface area contributed by atoms with Gasteiger partial charge in [-0.25, -0.2) is 4.79 Å². The number of carbonyl (C=O) groups is 1. The summed E-state index contributed by atoms with van der Waals surface area (Å²) >= 11 is 6.01. The highest BCUT2D eigenvalue weighted by molar-refractivity contribution is 6.33. The predicted molar refractivity (Wildman–Crippen MR) is 77.7 cm³/mol. The SMILES string of the molecule is CC1(C)C2CCC1(C)C(OC(=O)c1ccncc1Cl)C2. The summed E-state index contributed by atoms with van der Waals surface area (Å²) in [4.78, 5) is 16.2. The van der Waals surface area contributed by atoms with Crippen molar-refractivity contribution in [3.8, 4) is 0 Å². The Morgan fingerprint density at radius 3 is 2.75 bits per heavy atom. The Morgan fingerprint density at radius 2 is 2.20 bits per heavy atom. The second kappa shape index (κ2) is 4.45. The van der Waals surface area contributed by atoms with Crippen LogP contribution >= 0.6 is 11.6 Å². The van der Waals surface area contributed by atoms with Crippen LogP contribution in [0.2, 0.25) is 5.02 Å². The second-order valence-electron chi connectivity index (χ2n) is 6.86. The number of aromatic nitrogens is 1. The highest BCUT2D eigenvalue weighted by Crippen LogP contribution is 2.66. The molecule has 0 radical (unpaired) electrons. The number of rotatable bonds is 2. The molecule has 2 bridgehead atoms. The molecule has 0 saturated heterocycles. The maximum absolute atomic E-state index is 12.3. The van der Waals surface area contributed by atoms with Gasteiger partial charge in [0.1, 0.15) is 6.10 Å². The van der Waals surface area contributed by atoms with Crippen molar-refractivity contribution in [2.75, 3.05) is 0 Å². The molecule has 2 aliphatic carbocycles. The molecule has 108 valence electrons. The van der Waals surface area contributed by atoms with Gasteiger partial charge in [0.25, 0.3) is 0 Å². The van der Waals surface area contributed by atoms with E-state index < -0.39 is 0 Å². The van der Waals surface area contributed by atoms with Crippen molar-refractivity contribution in [3.63, 3.8) is 0 Å². The van der Waals surface area contributed by atoms with Gasteiger partial charge in [-0.15, -0.1) is 0 Å². The molecule has 0 aliphatic heterocycles. The van der Waals surface area contributed by atoms with Gasteiger partial charge in [-0.05, 0) is 36.7 Å². The number of esters is 1. The fraction of sp³-hybridized carbons (Fsp3) is 0.625.